The topological polar surface area (TPSA) is 12.9 Å². The van der Waals surface area contributed by atoms with E-state index in [1.165, 1.54) is 10.4 Å². The zero-order valence-electron chi connectivity index (χ0n) is 8.43. The van der Waals surface area contributed by atoms with Crippen LogP contribution in [-0.2, 0) is 0 Å². The van der Waals surface area contributed by atoms with Crippen molar-refractivity contribution in [2.24, 2.45) is 0 Å². The molecule has 0 saturated heterocycles. The molecule has 0 unspecified atom stereocenters. The van der Waals surface area contributed by atoms with E-state index in [-0.39, 0.29) is 0 Å². The molecule has 0 saturated carbocycles. The summed E-state index contributed by atoms with van der Waals surface area (Å²) >= 11 is 1.55. The van der Waals surface area contributed by atoms with E-state index in [9.17, 15) is 0 Å². The summed E-state index contributed by atoms with van der Waals surface area (Å²) in [7, 11) is 0. The van der Waals surface area contributed by atoms with Crippen molar-refractivity contribution in [3.05, 3.63) is 16.6 Å². The fourth-order valence-corrected chi connectivity index (χ4v) is 0.913. The average molecular weight is 173 g/mol. The lowest BCUT2D eigenvalue weighted by Crippen LogP contribution is -1.61. The minimum absolute atomic E-state index is 1.30. The zero-order valence-corrected chi connectivity index (χ0v) is 9.25. The van der Waals surface area contributed by atoms with Gasteiger partial charge in [0, 0.05) is 11.1 Å². The maximum absolute atomic E-state index is 3.96. The van der Waals surface area contributed by atoms with E-state index < -0.39 is 0 Å². The van der Waals surface area contributed by atoms with Crippen molar-refractivity contribution in [2.45, 2.75) is 41.5 Å². The Morgan fingerprint density at radius 1 is 1.09 bits per heavy atom. The maximum atomic E-state index is 3.96. The minimum Gasteiger partial charge on any atom is -0.201 e. The van der Waals surface area contributed by atoms with Crippen LogP contribution < -0.4 is 0 Å². The van der Waals surface area contributed by atoms with Crippen molar-refractivity contribution in [2.75, 3.05) is 0 Å². The molecule has 0 spiro atoms. The van der Waals surface area contributed by atoms with Gasteiger partial charge in [-0.3, -0.25) is 0 Å². The van der Waals surface area contributed by atoms with E-state index in [1.807, 2.05) is 33.9 Å². The summed E-state index contributed by atoms with van der Waals surface area (Å²) in [6, 6.07) is 0. The molecule has 1 nitrogen and oxygen atoms in total. The molecular weight excluding hydrogens is 154 g/mol. The van der Waals surface area contributed by atoms with Crippen LogP contribution in [0.3, 0.4) is 0 Å². The molecule has 0 aromatic carbocycles. The summed E-state index contributed by atoms with van der Waals surface area (Å²) in [4.78, 5) is 1.32. The third-order valence-electron chi connectivity index (χ3n) is 0.991. The molecule has 0 fully saturated rings. The van der Waals surface area contributed by atoms with Gasteiger partial charge in [-0.05, 0) is 30.9 Å². The summed E-state index contributed by atoms with van der Waals surface area (Å²) in [5.41, 5.74) is 1.30. The molecule has 0 bridgehead atoms. The van der Waals surface area contributed by atoms with Gasteiger partial charge in [-0.1, -0.05) is 27.7 Å². The normalized spacial score (nSPS) is 7.09. The van der Waals surface area contributed by atoms with Gasteiger partial charge < -0.3 is 0 Å². The van der Waals surface area contributed by atoms with Gasteiger partial charge in [-0.25, -0.2) is 4.37 Å². The van der Waals surface area contributed by atoms with Crippen LogP contribution in [0.25, 0.3) is 0 Å². The van der Waals surface area contributed by atoms with Crippen LogP contribution in [0.5, 0.6) is 0 Å². The van der Waals surface area contributed by atoms with Crippen molar-refractivity contribution in [3.63, 3.8) is 0 Å². The van der Waals surface area contributed by atoms with Gasteiger partial charge in [-0.2, -0.15) is 0 Å². The molecule has 0 amide bonds. The Kier molecular flexibility index (Phi) is 11.6. The van der Waals surface area contributed by atoms with Crippen LogP contribution >= 0.6 is 11.5 Å². The first-order chi connectivity index (χ1) is 5.30. The van der Waals surface area contributed by atoms with E-state index >= 15 is 0 Å². The summed E-state index contributed by atoms with van der Waals surface area (Å²) in [6.45, 7) is 12.1. The molecule has 1 heterocycles. The molecule has 66 valence electrons. The van der Waals surface area contributed by atoms with Gasteiger partial charge in [0.2, 0.25) is 0 Å². The SMILES string of the molecule is CC.CC.Cc1cnsc1C. The molecule has 1 aromatic rings. The highest BCUT2D eigenvalue weighted by Crippen LogP contribution is 2.07. The average Bonchev–Trinajstić information content (AvgIpc) is 2.44. The minimum atomic E-state index is 1.30. The van der Waals surface area contributed by atoms with E-state index in [2.05, 4.69) is 18.2 Å². The Morgan fingerprint density at radius 2 is 1.55 bits per heavy atom. The first-order valence-corrected chi connectivity index (χ1v) is 4.96. The smallest absolute Gasteiger partial charge is 0.0438 e. The summed E-state index contributed by atoms with van der Waals surface area (Å²) in [5, 5.41) is 0. The van der Waals surface area contributed by atoms with Crippen LogP contribution in [0.15, 0.2) is 6.20 Å². The lowest BCUT2D eigenvalue weighted by molar-refractivity contribution is 1.40. The van der Waals surface area contributed by atoms with Crippen LogP contribution in [0.4, 0.5) is 0 Å². The number of rotatable bonds is 0. The van der Waals surface area contributed by atoms with E-state index in [4.69, 9.17) is 0 Å². The second kappa shape index (κ2) is 9.63. The lowest BCUT2D eigenvalue weighted by atomic mass is 10.3. The lowest BCUT2D eigenvalue weighted by Gasteiger charge is -1.77. The number of hydrogen-bond donors (Lipinski definition) is 0. The predicted octanol–water partition coefficient (Wildman–Crippen LogP) is 3.81. The number of nitrogens with zero attached hydrogens (tertiary/aromatic N) is 1. The third-order valence-corrected chi connectivity index (χ3v) is 1.80. The molecule has 11 heavy (non-hydrogen) atoms. The van der Waals surface area contributed by atoms with Gasteiger partial charge in [0.15, 0.2) is 0 Å². The largest absolute Gasteiger partial charge is 0.201 e. The molecule has 2 heteroatoms. The molecule has 0 atom stereocenters. The first kappa shape index (κ1) is 13.2. The number of hydrogen-bond acceptors (Lipinski definition) is 2. The van der Waals surface area contributed by atoms with Crippen molar-refractivity contribution < 1.29 is 0 Å². The van der Waals surface area contributed by atoms with Gasteiger partial charge in [0.05, 0.1) is 0 Å². The van der Waals surface area contributed by atoms with Crippen LogP contribution in [0.1, 0.15) is 38.1 Å². The first-order valence-electron chi connectivity index (χ1n) is 4.18. The summed E-state index contributed by atoms with van der Waals surface area (Å²) in [6.07, 6.45) is 1.89. The Bertz CT molecular complexity index is 142. The van der Waals surface area contributed by atoms with Gasteiger partial charge in [0.25, 0.3) is 0 Å². The molecule has 0 N–H and O–H groups in total. The Morgan fingerprint density at radius 3 is 1.64 bits per heavy atom. The Labute approximate surface area is 74.6 Å². The predicted molar refractivity (Wildman–Crippen MR) is 54.3 cm³/mol. The summed E-state index contributed by atoms with van der Waals surface area (Å²) in [5.74, 6) is 0. The highest BCUT2D eigenvalue weighted by Gasteiger charge is 1.88. The van der Waals surface area contributed by atoms with E-state index in [0.29, 0.717) is 0 Å². The zero-order chi connectivity index (χ0) is 9.28. The van der Waals surface area contributed by atoms with Gasteiger partial charge in [0.1, 0.15) is 0 Å². The maximum Gasteiger partial charge on any atom is 0.0438 e. The van der Waals surface area contributed by atoms with E-state index in [0.717, 1.165) is 0 Å². The number of aryl methyl sites for hydroxylation is 2. The van der Waals surface area contributed by atoms with Gasteiger partial charge >= 0.3 is 0 Å². The third kappa shape index (κ3) is 6.05. The van der Waals surface area contributed by atoms with Crippen LogP contribution in [-0.4, -0.2) is 4.37 Å². The highest BCUT2D eigenvalue weighted by atomic mass is 32.1. The molecule has 0 aliphatic rings. The number of aromatic nitrogens is 1. The second-order valence-corrected chi connectivity index (χ2v) is 2.57. The molecule has 0 radical (unpaired) electrons. The second-order valence-electron chi connectivity index (χ2n) is 1.56. The van der Waals surface area contributed by atoms with Crippen molar-refractivity contribution >= 4 is 11.5 Å². The van der Waals surface area contributed by atoms with Crippen molar-refractivity contribution in [1.29, 1.82) is 0 Å². The molecule has 0 aliphatic heterocycles. The van der Waals surface area contributed by atoms with Crippen LogP contribution in [0, 0.1) is 13.8 Å². The monoisotopic (exact) mass is 173 g/mol. The van der Waals surface area contributed by atoms with Crippen molar-refractivity contribution in [3.8, 4) is 0 Å². The fourth-order valence-electron chi connectivity index (χ4n) is 0.347. The van der Waals surface area contributed by atoms with Crippen LogP contribution in [0.2, 0.25) is 0 Å². The van der Waals surface area contributed by atoms with Crippen molar-refractivity contribution in [1.82, 2.24) is 4.37 Å². The highest BCUT2D eigenvalue weighted by molar-refractivity contribution is 7.05. The van der Waals surface area contributed by atoms with E-state index in [1.54, 1.807) is 11.5 Å². The quantitative estimate of drug-likeness (QED) is 0.581. The fraction of sp³-hybridized carbons (Fsp3) is 0.667. The summed E-state index contributed by atoms with van der Waals surface area (Å²) < 4.78 is 3.96. The molecule has 1 aromatic heterocycles. The van der Waals surface area contributed by atoms with Gasteiger partial charge in [-0.15, -0.1) is 0 Å². The molecular formula is C9H19NS. The Balaban J connectivity index is 0. The Hall–Kier alpha value is -0.370. The standard InChI is InChI=1S/C5H7NS.2C2H6/c1-4-3-6-7-5(4)2;2*1-2/h3H,1-2H3;2*1-2H3. The molecule has 0 aliphatic carbocycles. The molecule has 1 rings (SSSR count).